The van der Waals surface area contributed by atoms with Crippen LogP contribution in [0.1, 0.15) is 12.8 Å². The number of imide groups is 3. The number of carbonyl (C=O) groups excluding carboxylic acids is 7. The van der Waals surface area contributed by atoms with Crippen LogP contribution in [0.3, 0.4) is 0 Å². The molecule has 3 aliphatic heterocycles. The lowest BCUT2D eigenvalue weighted by Crippen LogP contribution is -2.45. The van der Waals surface area contributed by atoms with Crippen molar-refractivity contribution in [3.05, 3.63) is 24.3 Å². The molecule has 3 aliphatic rings. The van der Waals surface area contributed by atoms with Gasteiger partial charge in [-0.2, -0.15) is 0 Å². The number of hydroxylamine groups is 2. The van der Waals surface area contributed by atoms with Crippen LogP contribution in [-0.2, 0) is 38.4 Å². The predicted octanol–water partition coefficient (Wildman–Crippen LogP) is -2.25. The Labute approximate surface area is 170 Å². The second kappa shape index (κ2) is 8.78. The Bertz CT molecular complexity index is 795. The van der Waals surface area contributed by atoms with E-state index in [9.17, 15) is 33.6 Å². The van der Waals surface area contributed by atoms with E-state index in [1.165, 1.54) is 4.90 Å². The molecule has 12 nitrogen and oxygen atoms in total. The molecule has 0 spiro atoms. The van der Waals surface area contributed by atoms with E-state index in [1.807, 2.05) is 0 Å². The minimum absolute atomic E-state index is 0.0415. The van der Waals surface area contributed by atoms with Crippen LogP contribution >= 0.6 is 0 Å². The third-order valence-electron chi connectivity index (χ3n) is 4.63. The van der Waals surface area contributed by atoms with E-state index in [4.69, 9.17) is 4.84 Å². The molecule has 3 rings (SSSR count). The van der Waals surface area contributed by atoms with Gasteiger partial charge in [0.2, 0.25) is 0 Å². The largest absolute Gasteiger partial charge is 0.347 e. The van der Waals surface area contributed by atoms with Gasteiger partial charge in [-0.1, -0.05) is 0 Å². The van der Waals surface area contributed by atoms with Gasteiger partial charge in [0.25, 0.3) is 35.4 Å². The van der Waals surface area contributed by atoms with Crippen LogP contribution in [0.2, 0.25) is 0 Å². The Hall–Kier alpha value is -3.67. The zero-order chi connectivity index (χ0) is 21.8. The summed E-state index contributed by atoms with van der Waals surface area (Å²) in [5.74, 6) is -4.14. The molecule has 0 N–H and O–H groups in total. The molecule has 0 unspecified atom stereocenters. The van der Waals surface area contributed by atoms with Gasteiger partial charge in [0, 0.05) is 63.3 Å². The van der Waals surface area contributed by atoms with Crippen molar-refractivity contribution in [3.63, 3.8) is 0 Å². The summed E-state index contributed by atoms with van der Waals surface area (Å²) >= 11 is 0. The lowest BCUT2D eigenvalue weighted by molar-refractivity contribution is -0.198. The van der Waals surface area contributed by atoms with Gasteiger partial charge in [0.1, 0.15) is 0 Å². The van der Waals surface area contributed by atoms with Crippen LogP contribution < -0.4 is 0 Å². The topological polar surface area (TPSA) is 142 Å². The summed E-state index contributed by atoms with van der Waals surface area (Å²) in [4.78, 5) is 90.4. The predicted molar refractivity (Wildman–Crippen MR) is 95.3 cm³/mol. The second-order valence-corrected chi connectivity index (χ2v) is 6.64. The van der Waals surface area contributed by atoms with Crippen LogP contribution in [-0.4, -0.2) is 93.9 Å². The normalized spacial score (nSPS) is 18.8. The molecule has 0 aromatic heterocycles. The van der Waals surface area contributed by atoms with Crippen LogP contribution in [0, 0.1) is 0 Å². The molecular weight excluding hydrogens is 400 g/mol. The molecular formula is C18H18N4O8. The van der Waals surface area contributed by atoms with E-state index in [1.54, 1.807) is 0 Å². The summed E-state index contributed by atoms with van der Waals surface area (Å²) in [6, 6.07) is 0. The van der Waals surface area contributed by atoms with Gasteiger partial charge in [-0.3, -0.25) is 43.5 Å². The van der Waals surface area contributed by atoms with Gasteiger partial charge >= 0.3 is 5.97 Å². The molecule has 0 bridgehead atoms. The fourth-order valence-electron chi connectivity index (χ4n) is 3.03. The van der Waals surface area contributed by atoms with Gasteiger partial charge in [0.15, 0.2) is 0 Å². The van der Waals surface area contributed by atoms with Gasteiger partial charge in [-0.15, -0.1) is 5.06 Å². The lowest BCUT2D eigenvalue weighted by atomic mass is 10.4. The first kappa shape index (κ1) is 21.0. The number of hydrogen-bond donors (Lipinski definition) is 0. The Morgan fingerprint density at radius 2 is 1.17 bits per heavy atom. The van der Waals surface area contributed by atoms with Crippen molar-refractivity contribution in [2.45, 2.75) is 12.8 Å². The Morgan fingerprint density at radius 3 is 1.57 bits per heavy atom. The SMILES string of the molecule is O=C(CN(CCN1C(=O)C=CC1=O)CCN1C(=O)C=CC1=O)ON1C(=O)CCC1=O. The summed E-state index contributed by atoms with van der Waals surface area (Å²) in [7, 11) is 0. The number of amides is 6. The quantitative estimate of drug-likeness (QED) is 0.379. The standard InChI is InChI=1S/C18H18N4O8/c23-12-1-2-13(24)20(12)9-7-19(8-10-21-14(25)3-4-15(21)26)11-18(29)30-22-16(27)5-6-17(22)28/h1-4H,5-11H2. The maximum atomic E-state index is 12.2. The van der Waals surface area contributed by atoms with Crippen molar-refractivity contribution in [2.75, 3.05) is 32.7 Å². The Morgan fingerprint density at radius 1 is 0.767 bits per heavy atom. The maximum absolute atomic E-state index is 12.2. The molecule has 0 radical (unpaired) electrons. The van der Waals surface area contributed by atoms with Crippen molar-refractivity contribution < 1.29 is 38.4 Å². The fraction of sp³-hybridized carbons (Fsp3) is 0.389. The average molecular weight is 418 g/mol. The molecule has 0 aromatic rings. The minimum Gasteiger partial charge on any atom is -0.329 e. The smallest absolute Gasteiger partial charge is 0.329 e. The lowest BCUT2D eigenvalue weighted by Gasteiger charge is -2.26. The monoisotopic (exact) mass is 418 g/mol. The van der Waals surface area contributed by atoms with Gasteiger partial charge in [0.05, 0.1) is 6.54 Å². The van der Waals surface area contributed by atoms with Crippen LogP contribution in [0.15, 0.2) is 24.3 Å². The third kappa shape index (κ3) is 4.66. The molecule has 6 amide bonds. The molecule has 12 heteroatoms. The van der Waals surface area contributed by atoms with Crippen molar-refractivity contribution in [1.82, 2.24) is 19.8 Å². The third-order valence-corrected chi connectivity index (χ3v) is 4.63. The first-order chi connectivity index (χ1) is 14.3. The highest BCUT2D eigenvalue weighted by Crippen LogP contribution is 2.12. The Kier molecular flexibility index (Phi) is 6.16. The van der Waals surface area contributed by atoms with Crippen LogP contribution in [0.5, 0.6) is 0 Å². The number of rotatable bonds is 9. The van der Waals surface area contributed by atoms with Crippen molar-refractivity contribution in [1.29, 1.82) is 0 Å². The number of nitrogens with zero attached hydrogens (tertiary/aromatic N) is 4. The first-order valence-electron chi connectivity index (χ1n) is 9.12. The highest BCUT2D eigenvalue weighted by Gasteiger charge is 2.33. The molecule has 30 heavy (non-hydrogen) atoms. The zero-order valence-electron chi connectivity index (χ0n) is 15.8. The minimum atomic E-state index is -0.909. The number of hydrogen-bond acceptors (Lipinski definition) is 9. The molecule has 1 saturated heterocycles. The van der Waals surface area contributed by atoms with Gasteiger partial charge in [-0.25, -0.2) is 4.79 Å². The van der Waals surface area contributed by atoms with E-state index >= 15 is 0 Å². The maximum Gasteiger partial charge on any atom is 0.347 e. The van der Waals surface area contributed by atoms with Crippen LogP contribution in [0.4, 0.5) is 0 Å². The van der Waals surface area contributed by atoms with E-state index in [0.717, 1.165) is 34.1 Å². The second-order valence-electron chi connectivity index (χ2n) is 6.64. The van der Waals surface area contributed by atoms with E-state index in [0.29, 0.717) is 5.06 Å². The van der Waals surface area contributed by atoms with Gasteiger partial charge in [-0.05, 0) is 0 Å². The Balaban J connectivity index is 1.59. The fourth-order valence-corrected chi connectivity index (χ4v) is 3.03. The first-order valence-corrected chi connectivity index (χ1v) is 9.12. The highest BCUT2D eigenvalue weighted by atomic mass is 16.7. The molecule has 3 heterocycles. The van der Waals surface area contributed by atoms with Crippen molar-refractivity contribution in [2.24, 2.45) is 0 Å². The van der Waals surface area contributed by atoms with E-state index < -0.39 is 48.0 Å². The molecule has 1 fully saturated rings. The summed E-state index contributed by atoms with van der Waals surface area (Å²) < 4.78 is 0. The molecule has 0 aliphatic carbocycles. The summed E-state index contributed by atoms with van der Waals surface area (Å²) in [6.07, 6.45) is 4.40. The van der Waals surface area contributed by atoms with Crippen molar-refractivity contribution in [3.8, 4) is 0 Å². The van der Waals surface area contributed by atoms with Crippen molar-refractivity contribution >= 4 is 41.4 Å². The van der Waals surface area contributed by atoms with Crippen LogP contribution in [0.25, 0.3) is 0 Å². The molecule has 0 atom stereocenters. The average Bonchev–Trinajstić information content (AvgIpc) is 3.31. The van der Waals surface area contributed by atoms with E-state index in [2.05, 4.69) is 0 Å². The highest BCUT2D eigenvalue weighted by molar-refractivity contribution is 6.13. The number of carbonyl (C=O) groups is 7. The molecule has 0 aromatic carbocycles. The molecule has 158 valence electrons. The zero-order valence-corrected chi connectivity index (χ0v) is 15.8. The summed E-state index contributed by atoms with van der Waals surface area (Å²) in [5, 5.41) is 0.412. The van der Waals surface area contributed by atoms with E-state index in [-0.39, 0.29) is 39.0 Å². The van der Waals surface area contributed by atoms with Gasteiger partial charge < -0.3 is 4.84 Å². The molecule has 0 saturated carbocycles. The summed E-state index contributed by atoms with van der Waals surface area (Å²) in [5.41, 5.74) is 0. The summed E-state index contributed by atoms with van der Waals surface area (Å²) in [6.45, 7) is -0.400.